The molecule has 0 bridgehead atoms. The molecule has 0 radical (unpaired) electrons. The predicted octanol–water partition coefficient (Wildman–Crippen LogP) is 2.66. The molecular formula is C23H28N4O5S. The first-order chi connectivity index (χ1) is 15.8. The van der Waals surface area contributed by atoms with Gasteiger partial charge in [-0.05, 0) is 55.5 Å². The molecule has 1 aromatic carbocycles. The highest BCUT2D eigenvalue weighted by Crippen LogP contribution is 2.23. The van der Waals surface area contributed by atoms with Crippen molar-refractivity contribution in [1.29, 1.82) is 0 Å². The number of carboxylic acids is 1. The van der Waals surface area contributed by atoms with Gasteiger partial charge in [0.15, 0.2) is 0 Å². The van der Waals surface area contributed by atoms with Crippen molar-refractivity contribution in [3.63, 3.8) is 0 Å². The molecule has 1 amide bonds. The van der Waals surface area contributed by atoms with Crippen LogP contribution in [0.15, 0.2) is 53.7 Å². The van der Waals surface area contributed by atoms with Crippen LogP contribution in [0.25, 0.3) is 10.9 Å². The zero-order valence-electron chi connectivity index (χ0n) is 18.4. The van der Waals surface area contributed by atoms with Gasteiger partial charge in [-0.2, -0.15) is 4.72 Å². The van der Waals surface area contributed by atoms with E-state index in [1.54, 1.807) is 41.6 Å². The third kappa shape index (κ3) is 4.96. The lowest BCUT2D eigenvalue weighted by atomic mass is 9.98. The third-order valence-corrected chi connectivity index (χ3v) is 7.77. The van der Waals surface area contributed by atoms with Crippen LogP contribution in [0.2, 0.25) is 0 Å². The highest BCUT2D eigenvalue weighted by atomic mass is 32.2. The largest absolute Gasteiger partial charge is 0.477 e. The molecule has 176 valence electrons. The second-order valence-electron chi connectivity index (χ2n) is 8.56. The van der Waals surface area contributed by atoms with Gasteiger partial charge in [-0.15, -0.1) is 0 Å². The molecule has 3 N–H and O–H groups in total. The van der Waals surface area contributed by atoms with E-state index in [-0.39, 0.29) is 29.5 Å². The molecule has 10 heteroatoms. The van der Waals surface area contributed by atoms with E-state index in [2.05, 4.69) is 16.6 Å². The van der Waals surface area contributed by atoms with Gasteiger partial charge >= 0.3 is 5.97 Å². The van der Waals surface area contributed by atoms with Crippen molar-refractivity contribution in [3.05, 3.63) is 54.5 Å². The lowest BCUT2D eigenvalue weighted by molar-refractivity contribution is -0.134. The highest BCUT2D eigenvalue weighted by molar-refractivity contribution is 7.89. The molecule has 3 heterocycles. The Labute approximate surface area is 192 Å². The minimum absolute atomic E-state index is 0.0907. The van der Waals surface area contributed by atoms with Crippen molar-refractivity contribution >= 4 is 32.8 Å². The van der Waals surface area contributed by atoms with Crippen molar-refractivity contribution in [3.8, 4) is 0 Å². The SMILES string of the molecule is CC1CCN(C(=O)C(CCn2cccc2C(=O)O)NS(=O)(=O)c2cccc3[nH]ccc23)CC1. The number of nitrogens with one attached hydrogen (secondary N) is 2. The molecule has 0 aliphatic carbocycles. The molecule has 3 aromatic rings. The smallest absolute Gasteiger partial charge is 0.352 e. The van der Waals surface area contributed by atoms with Crippen molar-refractivity contribution in [2.45, 2.75) is 43.7 Å². The molecule has 4 rings (SSSR count). The van der Waals surface area contributed by atoms with Gasteiger partial charge < -0.3 is 19.6 Å². The summed E-state index contributed by atoms with van der Waals surface area (Å²) in [4.78, 5) is 29.6. The molecule has 2 aromatic heterocycles. The molecule has 1 atom stereocenters. The van der Waals surface area contributed by atoms with Crippen LogP contribution in [0.1, 0.15) is 36.7 Å². The summed E-state index contributed by atoms with van der Waals surface area (Å²) in [5, 5.41) is 9.91. The first kappa shape index (κ1) is 23.1. The maximum absolute atomic E-state index is 13.4. The number of sulfonamides is 1. The molecular weight excluding hydrogens is 444 g/mol. The first-order valence-corrected chi connectivity index (χ1v) is 12.5. The van der Waals surface area contributed by atoms with Crippen LogP contribution in [-0.2, 0) is 21.4 Å². The maximum Gasteiger partial charge on any atom is 0.352 e. The molecule has 9 nitrogen and oxygen atoms in total. The van der Waals surface area contributed by atoms with Gasteiger partial charge in [0.1, 0.15) is 11.7 Å². The standard InChI is InChI=1S/C23H28N4O5S/c1-16-8-13-27(14-9-16)22(28)19(10-15-26-12-3-5-20(26)23(29)30)25-33(31,32)21-6-2-4-18-17(21)7-11-24-18/h2-7,11-12,16,19,24-25H,8-10,13-15H2,1H3,(H,29,30). The number of likely N-dealkylation sites (tertiary alicyclic amines) is 1. The summed E-state index contributed by atoms with van der Waals surface area (Å²) in [5.74, 6) is -0.836. The van der Waals surface area contributed by atoms with E-state index in [0.29, 0.717) is 29.9 Å². The Kier molecular flexibility index (Phi) is 6.57. The van der Waals surface area contributed by atoms with Gasteiger partial charge in [-0.3, -0.25) is 4.79 Å². The number of carbonyl (C=O) groups excluding carboxylic acids is 1. The summed E-state index contributed by atoms with van der Waals surface area (Å²) >= 11 is 0. The van der Waals surface area contributed by atoms with Crippen molar-refractivity contribution in [1.82, 2.24) is 19.2 Å². The number of hydrogen-bond donors (Lipinski definition) is 3. The number of carboxylic acid groups (broad SMARTS) is 1. The second-order valence-corrected chi connectivity index (χ2v) is 10.2. The number of carbonyl (C=O) groups is 2. The van der Waals surface area contributed by atoms with E-state index < -0.39 is 22.0 Å². The van der Waals surface area contributed by atoms with Crippen LogP contribution in [0, 0.1) is 5.92 Å². The number of benzene rings is 1. The van der Waals surface area contributed by atoms with Crippen molar-refractivity contribution in [2.24, 2.45) is 5.92 Å². The van der Waals surface area contributed by atoms with Crippen LogP contribution in [-0.4, -0.2) is 59.0 Å². The Bertz CT molecular complexity index is 1250. The van der Waals surface area contributed by atoms with E-state index in [1.807, 2.05) is 0 Å². The van der Waals surface area contributed by atoms with Gasteiger partial charge in [-0.1, -0.05) is 13.0 Å². The van der Waals surface area contributed by atoms with Gasteiger partial charge in [-0.25, -0.2) is 13.2 Å². The van der Waals surface area contributed by atoms with Crippen LogP contribution < -0.4 is 4.72 Å². The summed E-state index contributed by atoms with van der Waals surface area (Å²) in [6, 6.07) is 8.70. The van der Waals surface area contributed by atoms with Gasteiger partial charge in [0.05, 0.1) is 4.90 Å². The summed E-state index contributed by atoms with van der Waals surface area (Å²) in [6.45, 7) is 3.48. The summed E-state index contributed by atoms with van der Waals surface area (Å²) in [7, 11) is -4.01. The average Bonchev–Trinajstić information content (AvgIpc) is 3.45. The number of aromatic amines is 1. The lowest BCUT2D eigenvalue weighted by Crippen LogP contribution is -2.51. The van der Waals surface area contributed by atoms with Crippen molar-refractivity contribution in [2.75, 3.05) is 13.1 Å². The van der Waals surface area contributed by atoms with E-state index >= 15 is 0 Å². The zero-order valence-corrected chi connectivity index (χ0v) is 19.2. The molecule has 0 spiro atoms. The van der Waals surface area contributed by atoms with Gasteiger partial charge in [0.2, 0.25) is 15.9 Å². The Morgan fingerprint density at radius 3 is 2.67 bits per heavy atom. The number of piperidine rings is 1. The normalized spacial score (nSPS) is 16.2. The van der Waals surface area contributed by atoms with Crippen molar-refractivity contribution < 1.29 is 23.1 Å². The number of H-pyrrole nitrogens is 1. The summed E-state index contributed by atoms with van der Waals surface area (Å²) in [6.07, 6.45) is 5.15. The highest BCUT2D eigenvalue weighted by Gasteiger charge is 2.31. The second kappa shape index (κ2) is 9.40. The maximum atomic E-state index is 13.4. The molecule has 1 aliphatic heterocycles. The van der Waals surface area contributed by atoms with E-state index in [0.717, 1.165) is 12.8 Å². The van der Waals surface area contributed by atoms with Crippen LogP contribution in [0.4, 0.5) is 0 Å². The molecule has 1 saturated heterocycles. The van der Waals surface area contributed by atoms with Gasteiger partial charge in [0, 0.05) is 42.9 Å². The zero-order chi connectivity index (χ0) is 23.6. The molecule has 1 unspecified atom stereocenters. The third-order valence-electron chi connectivity index (χ3n) is 6.24. The minimum Gasteiger partial charge on any atom is -0.477 e. The molecule has 1 aliphatic rings. The fourth-order valence-electron chi connectivity index (χ4n) is 4.30. The Morgan fingerprint density at radius 1 is 1.18 bits per heavy atom. The fraction of sp³-hybridized carbons (Fsp3) is 0.391. The number of rotatable bonds is 8. The Balaban J connectivity index is 1.60. The predicted molar refractivity (Wildman–Crippen MR) is 123 cm³/mol. The molecule has 0 saturated carbocycles. The Hall–Kier alpha value is -3.11. The number of aromatic carboxylic acids is 1. The summed E-state index contributed by atoms with van der Waals surface area (Å²) < 4.78 is 30.8. The van der Waals surface area contributed by atoms with E-state index in [1.165, 1.54) is 16.7 Å². The van der Waals surface area contributed by atoms with Gasteiger partial charge in [0.25, 0.3) is 0 Å². The number of fused-ring (bicyclic) bond motifs is 1. The molecule has 33 heavy (non-hydrogen) atoms. The first-order valence-electron chi connectivity index (χ1n) is 11.0. The minimum atomic E-state index is -4.01. The van der Waals surface area contributed by atoms with Crippen LogP contribution >= 0.6 is 0 Å². The van der Waals surface area contributed by atoms with Crippen LogP contribution in [0.5, 0.6) is 0 Å². The number of nitrogens with zero attached hydrogens (tertiary/aromatic N) is 2. The fourth-order valence-corrected chi connectivity index (χ4v) is 5.74. The topological polar surface area (TPSA) is 124 Å². The number of aryl methyl sites for hydroxylation is 1. The summed E-state index contributed by atoms with van der Waals surface area (Å²) in [5.41, 5.74) is 0.775. The number of amides is 1. The number of aromatic nitrogens is 2. The van der Waals surface area contributed by atoms with E-state index in [4.69, 9.17) is 0 Å². The lowest BCUT2D eigenvalue weighted by Gasteiger charge is -2.33. The molecule has 1 fully saturated rings. The van der Waals surface area contributed by atoms with E-state index in [9.17, 15) is 23.1 Å². The number of hydrogen-bond acceptors (Lipinski definition) is 4. The van der Waals surface area contributed by atoms with Crippen LogP contribution in [0.3, 0.4) is 0 Å². The quantitative estimate of drug-likeness (QED) is 0.465. The monoisotopic (exact) mass is 472 g/mol. The average molecular weight is 473 g/mol. The Morgan fingerprint density at radius 2 is 1.94 bits per heavy atom.